The monoisotopic (exact) mass is 778 g/mol. The third-order valence-electron chi connectivity index (χ3n) is 11.8. The summed E-state index contributed by atoms with van der Waals surface area (Å²) in [4.78, 5) is 4.27. The maximum absolute atomic E-state index is 9.54. The molecule has 286 valence electrons. The molecule has 0 unspecified atom stereocenters. The molecule has 0 saturated carbocycles. The van der Waals surface area contributed by atoms with Crippen molar-refractivity contribution in [3.05, 3.63) is 230 Å². The Kier molecular flexibility index (Phi) is 8.94. The molecule has 11 rings (SSSR count). The molecule has 9 aromatic carbocycles. The van der Waals surface area contributed by atoms with E-state index in [1.54, 1.807) is 6.20 Å². The van der Waals surface area contributed by atoms with Crippen LogP contribution < -0.4 is 5.43 Å². The fourth-order valence-corrected chi connectivity index (χ4v) is 8.63. The van der Waals surface area contributed by atoms with Crippen molar-refractivity contribution in [1.29, 1.82) is 5.41 Å². The molecule has 4 heteroatoms. The van der Waals surface area contributed by atoms with Crippen LogP contribution in [-0.4, -0.2) is 16.4 Å². The van der Waals surface area contributed by atoms with Crippen molar-refractivity contribution in [2.75, 3.05) is 5.43 Å². The second kappa shape index (κ2) is 15.2. The summed E-state index contributed by atoms with van der Waals surface area (Å²) in [7, 11) is 0. The number of nitrogens with zero attached hydrogens (tertiary/aromatic N) is 2. The van der Waals surface area contributed by atoms with Gasteiger partial charge in [0.05, 0.1) is 11.4 Å². The fraction of sp³-hybridized carbons (Fsp3) is 0. The highest BCUT2D eigenvalue weighted by molar-refractivity contribution is 6.62. The van der Waals surface area contributed by atoms with Crippen LogP contribution in [0.15, 0.2) is 224 Å². The molecule has 0 bridgehead atoms. The summed E-state index contributed by atoms with van der Waals surface area (Å²) in [5, 5.41) is 23.9. The number of hydrogen-bond donors (Lipinski definition) is 2. The molecule has 1 aromatic heterocycles. The molecule has 61 heavy (non-hydrogen) atoms. The molecule has 0 amide bonds. The summed E-state index contributed by atoms with van der Waals surface area (Å²) in [6.45, 7) is 0. The Balaban J connectivity index is 0.963. The van der Waals surface area contributed by atoms with Gasteiger partial charge in [0.1, 0.15) is 5.71 Å². The van der Waals surface area contributed by atoms with Gasteiger partial charge in [-0.05, 0) is 148 Å². The lowest BCUT2D eigenvalue weighted by Crippen LogP contribution is -2.18. The highest BCUT2D eigenvalue weighted by atomic mass is 15.3. The second-order valence-corrected chi connectivity index (χ2v) is 15.6. The zero-order valence-electron chi connectivity index (χ0n) is 33.2. The quantitative estimate of drug-likeness (QED) is 0.125. The molecule has 0 saturated heterocycles. The molecule has 1 aliphatic rings. The van der Waals surface area contributed by atoms with Crippen LogP contribution in [0.2, 0.25) is 0 Å². The van der Waals surface area contributed by atoms with Crippen LogP contribution in [0, 0.1) is 5.41 Å². The van der Waals surface area contributed by atoms with E-state index >= 15 is 0 Å². The summed E-state index contributed by atoms with van der Waals surface area (Å²) in [6.07, 6.45) is 7.80. The average molecular weight is 779 g/mol. The summed E-state index contributed by atoms with van der Waals surface area (Å²) in [6, 6.07) is 68.7. The molecule has 0 spiro atoms. The van der Waals surface area contributed by atoms with Crippen LogP contribution in [0.4, 0.5) is 5.69 Å². The van der Waals surface area contributed by atoms with Gasteiger partial charge in [0, 0.05) is 18.0 Å². The molecule has 0 atom stereocenters. The molecule has 2 N–H and O–H groups in total. The van der Waals surface area contributed by atoms with E-state index in [0.717, 1.165) is 55.2 Å². The van der Waals surface area contributed by atoms with E-state index in [2.05, 4.69) is 186 Å². The van der Waals surface area contributed by atoms with E-state index in [4.69, 9.17) is 5.10 Å². The van der Waals surface area contributed by atoms with E-state index in [1.807, 2.05) is 36.5 Å². The van der Waals surface area contributed by atoms with Gasteiger partial charge < -0.3 is 0 Å². The zero-order chi connectivity index (χ0) is 40.7. The Morgan fingerprint density at radius 3 is 1.54 bits per heavy atom. The number of nitrogens with one attached hydrogen (secondary N) is 2. The number of fused-ring (bicyclic) bond motifs is 4. The Labute approximate surface area is 354 Å². The molecule has 4 nitrogen and oxygen atoms in total. The van der Waals surface area contributed by atoms with Gasteiger partial charge in [0.25, 0.3) is 0 Å². The van der Waals surface area contributed by atoms with Crippen LogP contribution in [0.5, 0.6) is 0 Å². The van der Waals surface area contributed by atoms with Gasteiger partial charge in [-0.3, -0.25) is 15.8 Å². The number of aromatic nitrogens is 1. The first-order chi connectivity index (χ1) is 30.1. The van der Waals surface area contributed by atoms with E-state index in [1.165, 1.54) is 49.2 Å². The molecule has 0 radical (unpaired) electrons. The van der Waals surface area contributed by atoms with Crippen LogP contribution in [0.25, 0.3) is 87.6 Å². The van der Waals surface area contributed by atoms with E-state index < -0.39 is 0 Å². The normalized spacial score (nSPS) is 13.5. The topological polar surface area (TPSA) is 61.1 Å². The first-order valence-electron chi connectivity index (χ1n) is 20.5. The molecular weight excluding hydrogens is 741 g/mol. The molecule has 1 aliphatic carbocycles. The average Bonchev–Trinajstić information content (AvgIpc) is 3.33. The van der Waals surface area contributed by atoms with Crippen LogP contribution in [0.1, 0.15) is 11.1 Å². The molecular formula is C57H38N4. The Hall–Kier alpha value is -8.21. The van der Waals surface area contributed by atoms with E-state index in [9.17, 15) is 5.41 Å². The first kappa shape index (κ1) is 35.9. The van der Waals surface area contributed by atoms with Gasteiger partial charge in [0.15, 0.2) is 0 Å². The number of benzene rings is 9. The number of pyridine rings is 1. The Morgan fingerprint density at radius 1 is 0.410 bits per heavy atom. The van der Waals surface area contributed by atoms with Crippen molar-refractivity contribution >= 4 is 71.3 Å². The number of rotatable bonds is 7. The van der Waals surface area contributed by atoms with Crippen molar-refractivity contribution < 1.29 is 0 Å². The molecule has 1 heterocycles. The van der Waals surface area contributed by atoms with Gasteiger partial charge in [-0.2, -0.15) is 5.10 Å². The zero-order valence-corrected chi connectivity index (χ0v) is 33.2. The van der Waals surface area contributed by atoms with Crippen molar-refractivity contribution in [3.8, 4) is 33.4 Å². The SMILES string of the molecule is N=C1C(c2ccc3cc(-c4cccc5ccccc45)ccc3c2)=CC(c2ccc3cc(-c4cccc5ccccc45)ccc3c2)=C/C1=N/Nc1ccc(-c2cccnc2)cc1. The Morgan fingerprint density at radius 2 is 0.934 bits per heavy atom. The van der Waals surface area contributed by atoms with E-state index in [0.29, 0.717) is 11.4 Å². The predicted molar refractivity (Wildman–Crippen MR) is 258 cm³/mol. The van der Waals surface area contributed by atoms with Crippen molar-refractivity contribution in [2.24, 2.45) is 5.10 Å². The first-order valence-corrected chi connectivity index (χ1v) is 20.5. The Bertz CT molecular complexity index is 3440. The van der Waals surface area contributed by atoms with Gasteiger partial charge in [-0.1, -0.05) is 152 Å². The minimum absolute atomic E-state index is 0.357. The van der Waals surface area contributed by atoms with Gasteiger partial charge in [-0.25, -0.2) is 0 Å². The summed E-state index contributed by atoms with van der Waals surface area (Å²) in [5.41, 5.74) is 15.8. The smallest absolute Gasteiger partial charge is 0.109 e. The highest BCUT2D eigenvalue weighted by Gasteiger charge is 2.21. The molecule has 0 fully saturated rings. The lowest BCUT2D eigenvalue weighted by molar-refractivity contribution is 1.32. The van der Waals surface area contributed by atoms with Gasteiger partial charge in [0.2, 0.25) is 0 Å². The number of hydrogen-bond acceptors (Lipinski definition) is 4. The second-order valence-electron chi connectivity index (χ2n) is 15.6. The minimum atomic E-state index is 0.357. The van der Waals surface area contributed by atoms with E-state index in [-0.39, 0.29) is 0 Å². The minimum Gasteiger partial charge on any atom is -0.298 e. The molecule has 10 aromatic rings. The van der Waals surface area contributed by atoms with Crippen molar-refractivity contribution in [1.82, 2.24) is 4.98 Å². The lowest BCUT2D eigenvalue weighted by Gasteiger charge is -2.19. The summed E-state index contributed by atoms with van der Waals surface area (Å²) in [5.74, 6) is 0. The van der Waals surface area contributed by atoms with Gasteiger partial charge >= 0.3 is 0 Å². The maximum Gasteiger partial charge on any atom is 0.109 e. The molecule has 0 aliphatic heterocycles. The largest absolute Gasteiger partial charge is 0.298 e. The summed E-state index contributed by atoms with van der Waals surface area (Å²) >= 11 is 0. The fourth-order valence-electron chi connectivity index (χ4n) is 8.63. The summed E-state index contributed by atoms with van der Waals surface area (Å²) < 4.78 is 0. The standard InChI is InChI=1S/C57H38N4/c58-57-55(47-24-21-42-32-46(23-20-43(42)33-47)54-16-6-11-39-9-2-4-14-52(39)54)34-49(35-56(57)61-60-50-27-25-37(26-28-50)48-12-7-29-59-36-48)44-18-17-41-31-45(22-19-40(41)30-44)53-15-5-10-38-8-1-3-13-51(38)53/h1-36,58,60H/b58-57?,61-56-. The third kappa shape index (κ3) is 6.86. The maximum atomic E-state index is 9.54. The van der Waals surface area contributed by atoms with Gasteiger partial charge in [-0.15, -0.1) is 0 Å². The number of anilines is 1. The highest BCUT2D eigenvalue weighted by Crippen LogP contribution is 2.36. The van der Waals surface area contributed by atoms with Crippen molar-refractivity contribution in [2.45, 2.75) is 0 Å². The van der Waals surface area contributed by atoms with Crippen molar-refractivity contribution in [3.63, 3.8) is 0 Å². The third-order valence-corrected chi connectivity index (χ3v) is 11.8. The van der Waals surface area contributed by atoms with Crippen LogP contribution >= 0.6 is 0 Å². The lowest BCUT2D eigenvalue weighted by atomic mass is 9.86. The van der Waals surface area contributed by atoms with Crippen LogP contribution in [0.3, 0.4) is 0 Å². The number of hydrazone groups is 1. The van der Waals surface area contributed by atoms with Crippen LogP contribution in [-0.2, 0) is 0 Å². The number of allylic oxidation sites excluding steroid dienone is 4. The predicted octanol–water partition coefficient (Wildman–Crippen LogP) is 14.7.